The Morgan fingerprint density at radius 3 is 2.29 bits per heavy atom. The molecule has 116 valence electrons. The third kappa shape index (κ3) is 3.51. The zero-order valence-corrected chi connectivity index (χ0v) is 13.8. The summed E-state index contributed by atoms with van der Waals surface area (Å²) in [5.74, 6) is 1.62. The van der Waals surface area contributed by atoms with Crippen molar-refractivity contribution >= 4 is 0 Å². The van der Waals surface area contributed by atoms with Crippen LogP contribution < -0.4 is 5.32 Å². The van der Waals surface area contributed by atoms with Gasteiger partial charge < -0.3 is 5.32 Å². The molecule has 0 amide bonds. The van der Waals surface area contributed by atoms with E-state index in [0.717, 1.165) is 11.8 Å². The van der Waals surface area contributed by atoms with E-state index >= 15 is 0 Å². The summed E-state index contributed by atoms with van der Waals surface area (Å²) in [5, 5.41) is 3.99. The molecule has 2 unspecified atom stereocenters. The summed E-state index contributed by atoms with van der Waals surface area (Å²) in [6, 6.07) is 10.3. The Morgan fingerprint density at radius 2 is 1.57 bits per heavy atom. The molecule has 0 spiro atoms. The fourth-order valence-corrected chi connectivity index (χ4v) is 4.44. The summed E-state index contributed by atoms with van der Waals surface area (Å²) in [6.45, 7) is 4.81. The first-order valence-electron chi connectivity index (χ1n) is 9.10. The Balaban J connectivity index is 1.68. The summed E-state index contributed by atoms with van der Waals surface area (Å²) < 4.78 is 0. The normalized spacial score (nSPS) is 28.7. The van der Waals surface area contributed by atoms with E-state index in [2.05, 4.69) is 43.4 Å². The van der Waals surface area contributed by atoms with Crippen LogP contribution in [0, 0.1) is 5.92 Å². The lowest BCUT2D eigenvalue weighted by atomic mass is 9.80. The molecule has 0 radical (unpaired) electrons. The van der Waals surface area contributed by atoms with E-state index in [1.807, 2.05) is 0 Å². The smallest absolute Gasteiger partial charge is 0.0325 e. The molecule has 1 N–H and O–H groups in total. The molecule has 0 saturated heterocycles. The maximum Gasteiger partial charge on any atom is 0.0325 e. The highest BCUT2D eigenvalue weighted by Crippen LogP contribution is 2.38. The van der Waals surface area contributed by atoms with Crippen molar-refractivity contribution in [3.8, 4) is 0 Å². The molecule has 1 aromatic rings. The maximum atomic E-state index is 3.99. The fraction of sp³-hybridized carbons (Fsp3) is 0.700. The summed E-state index contributed by atoms with van der Waals surface area (Å²) in [6.07, 6.45) is 11.3. The van der Waals surface area contributed by atoms with Crippen LogP contribution in [0.4, 0.5) is 0 Å². The minimum atomic E-state index is 0.579. The number of hydrogen-bond acceptors (Lipinski definition) is 1. The topological polar surface area (TPSA) is 12.0 Å². The molecule has 1 saturated carbocycles. The summed E-state index contributed by atoms with van der Waals surface area (Å²) in [4.78, 5) is 0. The second-order valence-electron chi connectivity index (χ2n) is 7.37. The van der Waals surface area contributed by atoms with E-state index in [0.29, 0.717) is 12.1 Å². The molecule has 1 nitrogen and oxygen atoms in total. The van der Waals surface area contributed by atoms with Crippen molar-refractivity contribution < 1.29 is 0 Å². The van der Waals surface area contributed by atoms with Crippen molar-refractivity contribution in [2.24, 2.45) is 5.92 Å². The number of fused-ring (bicyclic) bond motifs is 1. The third-order valence-corrected chi connectivity index (χ3v) is 5.86. The fourth-order valence-electron chi connectivity index (χ4n) is 4.44. The minimum Gasteiger partial charge on any atom is -0.307 e. The van der Waals surface area contributed by atoms with Crippen LogP contribution in [0.1, 0.15) is 88.3 Å². The quantitative estimate of drug-likeness (QED) is 0.715. The lowest BCUT2D eigenvalue weighted by Crippen LogP contribution is -2.38. The average molecular weight is 285 g/mol. The van der Waals surface area contributed by atoms with Crippen LogP contribution in [0.25, 0.3) is 0 Å². The zero-order chi connectivity index (χ0) is 14.7. The second-order valence-corrected chi connectivity index (χ2v) is 7.37. The standard InChI is InChI=1S/C20H31N/c1-15-13-14-20(19-12-8-7-11-18(15)19)21-16(2)17-9-5-3-4-6-10-17/h7-8,11-12,15-17,20-21H,3-6,9-10,13-14H2,1-2H3/t15?,16-,20?/m1/s1. The van der Waals surface area contributed by atoms with Crippen LogP contribution in [0.5, 0.6) is 0 Å². The van der Waals surface area contributed by atoms with Crippen LogP contribution in [-0.4, -0.2) is 6.04 Å². The monoisotopic (exact) mass is 285 g/mol. The zero-order valence-electron chi connectivity index (χ0n) is 13.8. The van der Waals surface area contributed by atoms with Gasteiger partial charge in [0.25, 0.3) is 0 Å². The highest BCUT2D eigenvalue weighted by Gasteiger charge is 2.27. The molecule has 0 heterocycles. The molecule has 21 heavy (non-hydrogen) atoms. The Kier molecular flexibility index (Phi) is 5.00. The number of nitrogens with one attached hydrogen (secondary N) is 1. The molecule has 0 bridgehead atoms. The Morgan fingerprint density at radius 1 is 0.905 bits per heavy atom. The molecule has 0 aromatic heterocycles. The highest BCUT2D eigenvalue weighted by molar-refractivity contribution is 5.35. The molecule has 3 atom stereocenters. The largest absolute Gasteiger partial charge is 0.307 e. The first-order valence-corrected chi connectivity index (χ1v) is 9.10. The van der Waals surface area contributed by atoms with Crippen molar-refractivity contribution in [1.29, 1.82) is 0 Å². The summed E-state index contributed by atoms with van der Waals surface area (Å²) in [5.41, 5.74) is 3.14. The molecule has 1 heteroatoms. The second kappa shape index (κ2) is 6.96. The Labute approximate surface area is 130 Å². The van der Waals surface area contributed by atoms with Gasteiger partial charge in [0.05, 0.1) is 0 Å². The van der Waals surface area contributed by atoms with Gasteiger partial charge in [0, 0.05) is 12.1 Å². The molecule has 2 aliphatic carbocycles. The number of hydrogen-bond donors (Lipinski definition) is 1. The molecular weight excluding hydrogens is 254 g/mol. The number of rotatable bonds is 3. The van der Waals surface area contributed by atoms with E-state index in [-0.39, 0.29) is 0 Å². The Hall–Kier alpha value is -0.820. The van der Waals surface area contributed by atoms with E-state index < -0.39 is 0 Å². The predicted octanol–water partition coefficient (Wildman–Crippen LogP) is 5.57. The third-order valence-electron chi connectivity index (χ3n) is 5.86. The highest BCUT2D eigenvalue weighted by atomic mass is 15.0. The van der Waals surface area contributed by atoms with Gasteiger partial charge in [-0.1, -0.05) is 56.9 Å². The number of benzene rings is 1. The summed E-state index contributed by atoms with van der Waals surface area (Å²) in [7, 11) is 0. The SMILES string of the molecule is CC1CCC(N[C@H](C)C2CCCCCC2)c2ccccc21. The van der Waals surface area contributed by atoms with Crippen LogP contribution in [0.3, 0.4) is 0 Å². The molecule has 1 fully saturated rings. The molecule has 2 aliphatic rings. The van der Waals surface area contributed by atoms with E-state index in [9.17, 15) is 0 Å². The minimum absolute atomic E-state index is 0.579. The lowest BCUT2D eigenvalue weighted by molar-refractivity contribution is 0.292. The van der Waals surface area contributed by atoms with Gasteiger partial charge in [0.1, 0.15) is 0 Å². The van der Waals surface area contributed by atoms with Crippen LogP contribution in [0.15, 0.2) is 24.3 Å². The van der Waals surface area contributed by atoms with Crippen LogP contribution >= 0.6 is 0 Å². The van der Waals surface area contributed by atoms with Gasteiger partial charge in [-0.15, -0.1) is 0 Å². The van der Waals surface area contributed by atoms with Gasteiger partial charge >= 0.3 is 0 Å². The summed E-state index contributed by atoms with van der Waals surface area (Å²) >= 11 is 0. The van der Waals surface area contributed by atoms with Crippen LogP contribution in [0.2, 0.25) is 0 Å². The van der Waals surface area contributed by atoms with Crippen molar-refractivity contribution in [3.63, 3.8) is 0 Å². The molecule has 1 aromatic carbocycles. The Bertz CT molecular complexity index is 445. The van der Waals surface area contributed by atoms with Crippen LogP contribution in [-0.2, 0) is 0 Å². The first kappa shape index (κ1) is 15.1. The molecule has 0 aliphatic heterocycles. The van der Waals surface area contributed by atoms with E-state index in [4.69, 9.17) is 0 Å². The first-order chi connectivity index (χ1) is 10.3. The van der Waals surface area contributed by atoms with Gasteiger partial charge in [-0.25, -0.2) is 0 Å². The van der Waals surface area contributed by atoms with Gasteiger partial charge in [0.2, 0.25) is 0 Å². The van der Waals surface area contributed by atoms with Crippen molar-refractivity contribution in [2.45, 2.75) is 83.2 Å². The van der Waals surface area contributed by atoms with Gasteiger partial charge in [-0.3, -0.25) is 0 Å². The van der Waals surface area contributed by atoms with Crippen molar-refractivity contribution in [2.75, 3.05) is 0 Å². The van der Waals surface area contributed by atoms with Crippen molar-refractivity contribution in [1.82, 2.24) is 5.32 Å². The van der Waals surface area contributed by atoms with E-state index in [1.54, 1.807) is 11.1 Å². The predicted molar refractivity (Wildman–Crippen MR) is 90.6 cm³/mol. The lowest BCUT2D eigenvalue weighted by Gasteiger charge is -2.34. The average Bonchev–Trinajstić information content (AvgIpc) is 2.79. The maximum absolute atomic E-state index is 3.99. The van der Waals surface area contributed by atoms with Crippen molar-refractivity contribution in [3.05, 3.63) is 35.4 Å². The molecule has 3 rings (SSSR count). The van der Waals surface area contributed by atoms with Gasteiger partial charge in [-0.2, -0.15) is 0 Å². The van der Waals surface area contributed by atoms with E-state index in [1.165, 1.54) is 51.4 Å². The molecular formula is C20H31N. The van der Waals surface area contributed by atoms with Gasteiger partial charge in [0.15, 0.2) is 0 Å². The van der Waals surface area contributed by atoms with Gasteiger partial charge in [-0.05, 0) is 55.6 Å².